The van der Waals surface area contributed by atoms with Crippen molar-refractivity contribution in [2.45, 2.75) is 19.3 Å². The van der Waals surface area contributed by atoms with E-state index in [1.807, 2.05) is 29.2 Å². The van der Waals surface area contributed by atoms with Crippen molar-refractivity contribution in [2.24, 2.45) is 5.41 Å². The van der Waals surface area contributed by atoms with Gasteiger partial charge in [0.25, 0.3) is 0 Å². The summed E-state index contributed by atoms with van der Waals surface area (Å²) in [5.74, 6) is 0. The molecule has 23 heavy (non-hydrogen) atoms. The van der Waals surface area contributed by atoms with E-state index in [1.54, 1.807) is 0 Å². The molecule has 4 rings (SSSR count). The predicted molar refractivity (Wildman–Crippen MR) is 93.7 cm³/mol. The average molecular weight is 309 g/mol. The Kier molecular flexibility index (Phi) is 3.69. The van der Waals surface area contributed by atoms with Crippen molar-refractivity contribution in [3.05, 3.63) is 42.5 Å². The van der Waals surface area contributed by atoms with Gasteiger partial charge in [-0.15, -0.1) is 0 Å². The Bertz CT molecular complexity index is 716. The highest BCUT2D eigenvalue weighted by Crippen LogP contribution is 2.36. The van der Waals surface area contributed by atoms with E-state index in [9.17, 15) is 4.79 Å². The molecular weight excluding hydrogens is 286 g/mol. The molecule has 2 aromatic carbocycles. The number of fused-ring (bicyclic) bond motifs is 1. The summed E-state index contributed by atoms with van der Waals surface area (Å²) in [7, 11) is 0. The normalized spacial score (nSPS) is 24.3. The third-order valence-corrected chi connectivity index (χ3v) is 5.32. The monoisotopic (exact) mass is 309 g/mol. The number of likely N-dealkylation sites (tertiary alicyclic amines) is 1. The summed E-state index contributed by atoms with van der Waals surface area (Å²) >= 11 is 0. The lowest BCUT2D eigenvalue weighted by Gasteiger charge is -2.33. The number of hydrogen-bond acceptors (Lipinski definition) is 2. The van der Waals surface area contributed by atoms with Gasteiger partial charge in [-0.3, -0.25) is 0 Å². The summed E-state index contributed by atoms with van der Waals surface area (Å²) < 4.78 is 0. The number of nitrogens with zero attached hydrogens (tertiary/aromatic N) is 1. The van der Waals surface area contributed by atoms with Crippen molar-refractivity contribution in [2.75, 3.05) is 31.5 Å². The first-order valence-electron chi connectivity index (χ1n) is 8.50. The molecule has 2 amide bonds. The third-order valence-electron chi connectivity index (χ3n) is 5.32. The number of carbonyl (C=O) groups is 1. The molecule has 2 aromatic rings. The van der Waals surface area contributed by atoms with Crippen molar-refractivity contribution in [3.63, 3.8) is 0 Å². The van der Waals surface area contributed by atoms with Crippen LogP contribution in [-0.4, -0.2) is 37.1 Å². The zero-order chi connectivity index (χ0) is 15.7. The van der Waals surface area contributed by atoms with Gasteiger partial charge >= 0.3 is 6.03 Å². The van der Waals surface area contributed by atoms with Crippen molar-refractivity contribution in [3.8, 4) is 0 Å². The number of amides is 2. The summed E-state index contributed by atoms with van der Waals surface area (Å²) in [5, 5.41) is 8.85. The quantitative estimate of drug-likeness (QED) is 0.847. The Labute approximate surface area is 136 Å². The summed E-state index contributed by atoms with van der Waals surface area (Å²) in [4.78, 5) is 14.7. The largest absolute Gasteiger partial charge is 0.324 e. The van der Waals surface area contributed by atoms with Gasteiger partial charge in [-0.05, 0) is 37.3 Å². The Morgan fingerprint density at radius 3 is 2.87 bits per heavy atom. The zero-order valence-electron chi connectivity index (χ0n) is 13.3. The van der Waals surface area contributed by atoms with Gasteiger partial charge in [-0.1, -0.05) is 36.4 Å². The second kappa shape index (κ2) is 5.85. The van der Waals surface area contributed by atoms with Crippen LogP contribution < -0.4 is 10.6 Å². The van der Waals surface area contributed by atoms with Crippen molar-refractivity contribution >= 4 is 22.5 Å². The number of piperidine rings is 1. The van der Waals surface area contributed by atoms with E-state index in [1.165, 1.54) is 12.8 Å². The molecule has 120 valence electrons. The van der Waals surface area contributed by atoms with Crippen molar-refractivity contribution in [1.82, 2.24) is 10.2 Å². The number of nitrogens with one attached hydrogen (secondary N) is 2. The van der Waals surface area contributed by atoms with Crippen molar-refractivity contribution in [1.29, 1.82) is 0 Å². The van der Waals surface area contributed by atoms with E-state index in [-0.39, 0.29) is 6.03 Å². The van der Waals surface area contributed by atoms with Crippen LogP contribution in [0.1, 0.15) is 19.3 Å². The minimum Gasteiger partial charge on any atom is -0.324 e. The number of benzene rings is 2. The minimum atomic E-state index is 0.0313. The maximum Gasteiger partial charge on any atom is 0.321 e. The molecule has 0 aliphatic carbocycles. The van der Waals surface area contributed by atoms with E-state index in [0.29, 0.717) is 5.41 Å². The molecule has 1 spiro atoms. The highest BCUT2D eigenvalue weighted by atomic mass is 16.2. The Morgan fingerprint density at radius 2 is 2.00 bits per heavy atom. The highest BCUT2D eigenvalue weighted by Gasteiger charge is 2.40. The van der Waals surface area contributed by atoms with Crippen LogP contribution in [0.25, 0.3) is 10.8 Å². The lowest BCUT2D eigenvalue weighted by molar-refractivity contribution is 0.195. The molecule has 2 heterocycles. The number of urea groups is 1. The van der Waals surface area contributed by atoms with Crippen LogP contribution in [0, 0.1) is 5.41 Å². The lowest BCUT2D eigenvalue weighted by Crippen LogP contribution is -2.43. The van der Waals surface area contributed by atoms with Crippen LogP contribution >= 0.6 is 0 Å². The molecule has 2 aliphatic heterocycles. The molecule has 1 atom stereocenters. The van der Waals surface area contributed by atoms with Crippen LogP contribution in [-0.2, 0) is 0 Å². The molecule has 4 nitrogen and oxygen atoms in total. The maximum absolute atomic E-state index is 12.7. The summed E-state index contributed by atoms with van der Waals surface area (Å²) in [6, 6.07) is 14.2. The fraction of sp³-hybridized carbons (Fsp3) is 0.421. The molecule has 2 aliphatic rings. The minimum absolute atomic E-state index is 0.0313. The molecule has 0 radical (unpaired) electrons. The first-order valence-corrected chi connectivity index (χ1v) is 8.50. The van der Waals surface area contributed by atoms with Gasteiger partial charge in [0.05, 0.1) is 5.69 Å². The van der Waals surface area contributed by atoms with Crippen LogP contribution in [0.2, 0.25) is 0 Å². The third kappa shape index (κ3) is 2.79. The lowest BCUT2D eigenvalue weighted by atomic mass is 9.80. The fourth-order valence-corrected chi connectivity index (χ4v) is 4.02. The number of rotatable bonds is 1. The molecule has 0 aromatic heterocycles. The van der Waals surface area contributed by atoms with Gasteiger partial charge in [0, 0.05) is 30.4 Å². The highest BCUT2D eigenvalue weighted by molar-refractivity contribution is 6.01. The predicted octanol–water partition coefficient (Wildman–Crippen LogP) is 3.45. The van der Waals surface area contributed by atoms with E-state index in [4.69, 9.17) is 0 Å². The standard InChI is InChI=1S/C19H23N3O/c23-18(22-12-10-19(14-22)9-4-11-20-13-19)21-17-8-3-6-15-5-1-2-7-16(15)17/h1-3,5-8,20H,4,9-14H2,(H,21,23). The average Bonchev–Trinajstić information content (AvgIpc) is 2.99. The van der Waals surface area contributed by atoms with E-state index in [0.717, 1.165) is 49.1 Å². The molecule has 0 bridgehead atoms. The topological polar surface area (TPSA) is 44.4 Å². The van der Waals surface area contributed by atoms with Gasteiger partial charge < -0.3 is 15.5 Å². The van der Waals surface area contributed by atoms with E-state index >= 15 is 0 Å². The Balaban J connectivity index is 1.49. The van der Waals surface area contributed by atoms with Crippen molar-refractivity contribution < 1.29 is 4.79 Å². The SMILES string of the molecule is O=C(Nc1cccc2ccccc12)N1CCC2(CCCNC2)C1. The Morgan fingerprint density at radius 1 is 1.13 bits per heavy atom. The molecular formula is C19H23N3O. The maximum atomic E-state index is 12.7. The molecule has 2 fully saturated rings. The molecule has 2 N–H and O–H groups in total. The molecule has 1 unspecified atom stereocenters. The second-order valence-corrected chi connectivity index (χ2v) is 6.91. The van der Waals surface area contributed by atoms with Gasteiger partial charge in [0.1, 0.15) is 0 Å². The van der Waals surface area contributed by atoms with Gasteiger partial charge in [0.15, 0.2) is 0 Å². The summed E-state index contributed by atoms with van der Waals surface area (Å²) in [6.07, 6.45) is 3.57. The van der Waals surface area contributed by atoms with Crippen LogP contribution in [0.4, 0.5) is 10.5 Å². The van der Waals surface area contributed by atoms with Crippen LogP contribution in [0.15, 0.2) is 42.5 Å². The zero-order valence-corrected chi connectivity index (χ0v) is 13.3. The summed E-state index contributed by atoms with van der Waals surface area (Å²) in [6.45, 7) is 3.89. The fourth-order valence-electron chi connectivity index (χ4n) is 4.02. The van der Waals surface area contributed by atoms with Crippen LogP contribution in [0.5, 0.6) is 0 Å². The molecule has 0 saturated carbocycles. The van der Waals surface area contributed by atoms with Crippen LogP contribution in [0.3, 0.4) is 0 Å². The van der Waals surface area contributed by atoms with E-state index < -0.39 is 0 Å². The number of carbonyl (C=O) groups excluding carboxylic acids is 1. The summed E-state index contributed by atoms with van der Waals surface area (Å²) in [5.41, 5.74) is 1.20. The molecule has 4 heteroatoms. The van der Waals surface area contributed by atoms with E-state index in [2.05, 4.69) is 28.8 Å². The van der Waals surface area contributed by atoms with Gasteiger partial charge in [-0.2, -0.15) is 0 Å². The smallest absolute Gasteiger partial charge is 0.321 e. The van der Waals surface area contributed by atoms with Gasteiger partial charge in [0.2, 0.25) is 0 Å². The Hall–Kier alpha value is -2.07. The second-order valence-electron chi connectivity index (χ2n) is 6.91. The molecule has 2 saturated heterocycles. The number of anilines is 1. The first-order chi connectivity index (χ1) is 11.3. The van der Waals surface area contributed by atoms with Gasteiger partial charge in [-0.25, -0.2) is 4.79 Å². The number of hydrogen-bond donors (Lipinski definition) is 2. The first kappa shape index (κ1) is 14.5.